The molecule has 2 N–H and O–H groups in total. The molecule has 2 aromatic rings. The number of carbonyl (C=O) groups excluding carboxylic acids is 3. The molecule has 1 aromatic heterocycles. The van der Waals surface area contributed by atoms with Gasteiger partial charge in [-0.15, -0.1) is 12.4 Å². The third kappa shape index (κ3) is 6.19. The zero-order valence-corrected chi connectivity index (χ0v) is 22.6. The number of Topliss-reactive ketones (excluding diaryl/α,β-unsaturated/α-hetero) is 1. The van der Waals surface area contributed by atoms with Gasteiger partial charge in [0.25, 0.3) is 0 Å². The average Bonchev–Trinajstić information content (AvgIpc) is 3.65. The van der Waals surface area contributed by atoms with Crippen LogP contribution in [0.2, 0.25) is 5.02 Å². The third-order valence-corrected chi connectivity index (χ3v) is 6.39. The van der Waals surface area contributed by atoms with Crippen LogP contribution in [0.5, 0.6) is 0 Å². The van der Waals surface area contributed by atoms with Crippen molar-refractivity contribution in [2.24, 2.45) is 5.92 Å². The normalized spacial score (nSPS) is 13.7. The number of ether oxygens (including phenoxy) is 2. The van der Waals surface area contributed by atoms with Crippen molar-refractivity contribution in [2.75, 3.05) is 20.3 Å². The van der Waals surface area contributed by atoms with Crippen molar-refractivity contribution >= 4 is 58.3 Å². The molecule has 0 bridgehead atoms. The number of aromatic nitrogens is 1. The van der Waals surface area contributed by atoms with Gasteiger partial charge in [-0.25, -0.2) is 4.39 Å². The Morgan fingerprint density at radius 3 is 2.27 bits per heavy atom. The van der Waals surface area contributed by atoms with Crippen LogP contribution in [-0.2, 0) is 19.1 Å². The van der Waals surface area contributed by atoms with E-state index in [4.69, 9.17) is 26.5 Å². The molecule has 1 saturated carbocycles. The van der Waals surface area contributed by atoms with Crippen molar-refractivity contribution in [3.8, 4) is 0 Å². The highest BCUT2D eigenvalue weighted by Crippen LogP contribution is 2.40. The first-order valence-electron chi connectivity index (χ1n) is 11.8. The minimum absolute atomic E-state index is 0. The predicted octanol–water partition coefficient (Wildman–Crippen LogP) is 3.84. The molecule has 1 aliphatic carbocycles. The molecule has 0 saturated heterocycles. The number of halogens is 3. The fourth-order valence-corrected chi connectivity index (χ4v) is 4.37. The lowest BCUT2D eigenvalue weighted by Gasteiger charge is -2.19. The van der Waals surface area contributed by atoms with E-state index in [1.54, 1.807) is 11.6 Å². The van der Waals surface area contributed by atoms with Gasteiger partial charge in [-0.3, -0.25) is 19.2 Å². The Labute approximate surface area is 224 Å². The molecule has 1 aliphatic rings. The van der Waals surface area contributed by atoms with Gasteiger partial charge in [-0.05, 0) is 46.7 Å². The van der Waals surface area contributed by atoms with Crippen LogP contribution in [0, 0.1) is 17.1 Å². The van der Waals surface area contributed by atoms with Crippen LogP contribution < -0.4 is 10.7 Å². The Bertz CT molecular complexity index is 1270. The minimum Gasteiger partial charge on any atom is -0.465 e. The molecule has 1 heterocycles. The van der Waals surface area contributed by atoms with Crippen LogP contribution in [0.1, 0.15) is 62.0 Å². The quantitative estimate of drug-likeness (QED) is 0.186. The first-order chi connectivity index (χ1) is 17.1. The Hall–Kier alpha value is -2.82. The van der Waals surface area contributed by atoms with E-state index in [2.05, 4.69) is 5.32 Å². The van der Waals surface area contributed by atoms with E-state index in [0.717, 1.165) is 18.9 Å². The summed E-state index contributed by atoms with van der Waals surface area (Å²) in [5.74, 6) is -6.23. The second-order valence-corrected chi connectivity index (χ2v) is 9.01. The van der Waals surface area contributed by atoms with Gasteiger partial charge in [-0.2, -0.15) is 0 Å². The van der Waals surface area contributed by atoms with Gasteiger partial charge < -0.3 is 24.8 Å². The van der Waals surface area contributed by atoms with Crippen LogP contribution in [0.3, 0.4) is 0 Å². The van der Waals surface area contributed by atoms with Crippen LogP contribution in [0.4, 0.5) is 4.39 Å². The van der Waals surface area contributed by atoms with E-state index in [9.17, 15) is 19.2 Å². The molecule has 0 unspecified atom stereocenters. The number of pyridine rings is 1. The second-order valence-electron chi connectivity index (χ2n) is 8.63. The van der Waals surface area contributed by atoms with Crippen molar-refractivity contribution < 1.29 is 28.2 Å². The van der Waals surface area contributed by atoms with Crippen molar-refractivity contribution in [3.63, 3.8) is 0 Å². The number of hydrogen-bond acceptors (Lipinski definition) is 8. The molecular formula is C25H30Cl2FN3O6. The van der Waals surface area contributed by atoms with Crippen molar-refractivity contribution in [2.45, 2.75) is 52.1 Å². The molecule has 1 aromatic carbocycles. The van der Waals surface area contributed by atoms with E-state index in [-0.39, 0.29) is 71.3 Å². The Morgan fingerprint density at radius 2 is 1.78 bits per heavy atom. The van der Waals surface area contributed by atoms with E-state index in [0.29, 0.717) is 0 Å². The maximum atomic E-state index is 15.2. The number of benzene rings is 1. The second kappa shape index (κ2) is 12.6. The van der Waals surface area contributed by atoms with Gasteiger partial charge in [0.2, 0.25) is 5.92 Å². The summed E-state index contributed by atoms with van der Waals surface area (Å²) in [5.41, 5.74) is -1.31. The zero-order valence-electron chi connectivity index (χ0n) is 21.0. The third-order valence-electron chi connectivity index (χ3n) is 6.03. The Kier molecular flexibility index (Phi) is 10.4. The number of carbonyl (C=O) groups is 3. The molecule has 0 amide bonds. The Balaban J connectivity index is 0.00000481. The predicted molar refractivity (Wildman–Crippen MR) is 140 cm³/mol. The molecule has 9 nitrogen and oxygen atoms in total. The molecule has 37 heavy (non-hydrogen) atoms. The van der Waals surface area contributed by atoms with E-state index in [1.165, 1.54) is 20.0 Å². The average molecular weight is 558 g/mol. The minimum atomic E-state index is -1.99. The summed E-state index contributed by atoms with van der Waals surface area (Å²) in [7, 11) is 1.72. The van der Waals surface area contributed by atoms with Crippen LogP contribution in [-0.4, -0.2) is 54.3 Å². The largest absolute Gasteiger partial charge is 0.465 e. The number of fused-ring (bicyclic) bond motifs is 1. The molecule has 202 valence electrons. The summed E-state index contributed by atoms with van der Waals surface area (Å²) in [6, 6.07) is 0.720. The maximum Gasteiger partial charge on any atom is 0.328 e. The van der Waals surface area contributed by atoms with Gasteiger partial charge >= 0.3 is 11.9 Å². The number of esters is 2. The lowest BCUT2D eigenvalue weighted by molar-refractivity contribution is -0.158. The molecule has 0 spiro atoms. The number of nitrogens with zero attached hydrogens (tertiary/aromatic N) is 1. The van der Waals surface area contributed by atoms with Crippen molar-refractivity contribution in [3.05, 3.63) is 44.5 Å². The number of nitrogens with one attached hydrogen (secondary N) is 2. The summed E-state index contributed by atoms with van der Waals surface area (Å²) >= 11 is 6.60. The van der Waals surface area contributed by atoms with Gasteiger partial charge in [0.1, 0.15) is 5.82 Å². The summed E-state index contributed by atoms with van der Waals surface area (Å²) < 4.78 is 26.6. The summed E-state index contributed by atoms with van der Waals surface area (Å²) in [5, 5.41) is 11.1. The van der Waals surface area contributed by atoms with Gasteiger partial charge in [-0.1, -0.05) is 11.6 Å². The monoisotopic (exact) mass is 557 g/mol. The number of hydrogen-bond donors (Lipinski definition) is 2. The smallest absolute Gasteiger partial charge is 0.328 e. The van der Waals surface area contributed by atoms with Crippen LogP contribution >= 0.6 is 24.0 Å². The molecular weight excluding hydrogens is 528 g/mol. The van der Waals surface area contributed by atoms with Crippen LogP contribution in [0.25, 0.3) is 10.9 Å². The highest BCUT2D eigenvalue weighted by Gasteiger charge is 2.40. The lowest BCUT2D eigenvalue weighted by atomic mass is 9.95. The standard InChI is InChI=1S/C25H29ClFN3O6.ClH/c1-5-35-24(33)19(25(34)36-6-2)23(32)15-11-30(13-7-8-13)21-14(22(15)31)10-16(27)18(20(21)26)17(28)9-12(3)29-4;/h10-13,19,28-29H,5-9H2,1-4H3;1H/t12-;/m0./s1. The molecule has 0 radical (unpaired) electrons. The van der Waals surface area contributed by atoms with E-state index < -0.39 is 40.4 Å². The number of ketones is 1. The maximum absolute atomic E-state index is 15.2. The molecule has 3 rings (SSSR count). The summed E-state index contributed by atoms with van der Waals surface area (Å²) in [6.07, 6.45) is 2.90. The molecule has 12 heteroatoms. The summed E-state index contributed by atoms with van der Waals surface area (Å²) in [6.45, 7) is 4.68. The fourth-order valence-electron chi connectivity index (χ4n) is 3.96. The molecule has 0 aliphatic heterocycles. The highest BCUT2D eigenvalue weighted by molar-refractivity contribution is 6.38. The van der Waals surface area contributed by atoms with Gasteiger partial charge in [0.05, 0.1) is 40.3 Å². The molecule has 1 fully saturated rings. The number of rotatable bonds is 11. The van der Waals surface area contributed by atoms with Crippen molar-refractivity contribution in [1.29, 1.82) is 5.41 Å². The van der Waals surface area contributed by atoms with Crippen LogP contribution in [0.15, 0.2) is 17.1 Å². The highest BCUT2D eigenvalue weighted by atomic mass is 35.5. The lowest BCUT2D eigenvalue weighted by Crippen LogP contribution is -2.37. The summed E-state index contributed by atoms with van der Waals surface area (Å²) in [4.78, 5) is 51.7. The zero-order chi connectivity index (χ0) is 26.7. The Morgan fingerprint density at radius 1 is 1.22 bits per heavy atom. The SMILES string of the molecule is CCOC(=O)C(C(=O)OCC)C(=O)c1cn(C2CC2)c2c(Cl)c(C(=N)C[C@H](C)NC)c(F)cc2c1=O.Cl. The first-order valence-corrected chi connectivity index (χ1v) is 12.1. The molecule has 1 atom stereocenters. The van der Waals surface area contributed by atoms with Gasteiger partial charge in [0, 0.05) is 30.4 Å². The fraction of sp³-hybridized carbons (Fsp3) is 0.480. The first kappa shape index (κ1) is 30.4. The van der Waals surface area contributed by atoms with E-state index in [1.807, 2.05) is 6.92 Å². The topological polar surface area (TPSA) is 128 Å². The van der Waals surface area contributed by atoms with Crippen molar-refractivity contribution in [1.82, 2.24) is 9.88 Å². The van der Waals surface area contributed by atoms with Gasteiger partial charge in [0.15, 0.2) is 11.2 Å². The van der Waals surface area contributed by atoms with E-state index >= 15 is 4.39 Å².